The van der Waals surface area contributed by atoms with Crippen LogP contribution in [0.3, 0.4) is 0 Å². The number of aromatic nitrogens is 1. The first-order valence-electron chi connectivity index (χ1n) is 5.16. The van der Waals surface area contributed by atoms with E-state index in [1.165, 1.54) is 4.90 Å². The van der Waals surface area contributed by atoms with Gasteiger partial charge in [-0.2, -0.15) is 0 Å². The standard InChI is InChI=1S/C11H13N3O3/c1-14(10(15)5-12)6-7-2-3-8-9(4-7)17-11(16)13-8/h2-4H,5-6,12H2,1H3,(H,13,16). The van der Waals surface area contributed by atoms with Gasteiger partial charge in [0.15, 0.2) is 5.58 Å². The summed E-state index contributed by atoms with van der Waals surface area (Å²) in [6, 6.07) is 5.30. The highest BCUT2D eigenvalue weighted by molar-refractivity contribution is 5.78. The van der Waals surface area contributed by atoms with Gasteiger partial charge in [-0.3, -0.25) is 9.78 Å². The summed E-state index contributed by atoms with van der Waals surface area (Å²) in [4.78, 5) is 26.3. The molecule has 0 aliphatic carbocycles. The average Bonchev–Trinajstić information content (AvgIpc) is 2.67. The van der Waals surface area contributed by atoms with Gasteiger partial charge in [-0.15, -0.1) is 0 Å². The monoisotopic (exact) mass is 235 g/mol. The molecule has 6 heteroatoms. The first-order chi connectivity index (χ1) is 8.10. The van der Waals surface area contributed by atoms with Crippen molar-refractivity contribution in [3.05, 3.63) is 34.3 Å². The summed E-state index contributed by atoms with van der Waals surface area (Å²) < 4.78 is 4.94. The Bertz CT molecular complexity index is 599. The largest absolute Gasteiger partial charge is 0.417 e. The van der Waals surface area contributed by atoms with Gasteiger partial charge in [0.05, 0.1) is 12.1 Å². The van der Waals surface area contributed by atoms with Gasteiger partial charge in [-0.1, -0.05) is 6.07 Å². The Kier molecular flexibility index (Phi) is 2.97. The number of carbonyl (C=O) groups excluding carboxylic acids is 1. The molecule has 0 aliphatic rings. The number of oxazole rings is 1. The zero-order chi connectivity index (χ0) is 12.4. The van der Waals surface area contributed by atoms with Crippen molar-refractivity contribution in [3.63, 3.8) is 0 Å². The second-order valence-corrected chi connectivity index (χ2v) is 3.80. The topological polar surface area (TPSA) is 92.3 Å². The molecule has 0 aliphatic heterocycles. The Morgan fingerprint density at radius 3 is 3.00 bits per heavy atom. The van der Waals surface area contributed by atoms with Crippen LogP contribution in [0.1, 0.15) is 5.56 Å². The molecule has 2 aromatic rings. The summed E-state index contributed by atoms with van der Waals surface area (Å²) in [5, 5.41) is 0. The van der Waals surface area contributed by atoms with Gasteiger partial charge < -0.3 is 15.1 Å². The molecule has 3 N–H and O–H groups in total. The van der Waals surface area contributed by atoms with E-state index in [0.29, 0.717) is 17.6 Å². The lowest BCUT2D eigenvalue weighted by Gasteiger charge is -2.15. The van der Waals surface area contributed by atoms with E-state index in [0.717, 1.165) is 5.56 Å². The fourth-order valence-corrected chi connectivity index (χ4v) is 1.61. The highest BCUT2D eigenvalue weighted by atomic mass is 16.4. The number of rotatable bonds is 3. The van der Waals surface area contributed by atoms with Crippen LogP contribution in [0.25, 0.3) is 11.1 Å². The molecule has 0 radical (unpaired) electrons. The van der Waals surface area contributed by atoms with E-state index in [2.05, 4.69) is 4.98 Å². The Balaban J connectivity index is 2.24. The van der Waals surface area contributed by atoms with Crippen molar-refractivity contribution < 1.29 is 9.21 Å². The lowest BCUT2D eigenvalue weighted by molar-refractivity contribution is -0.128. The van der Waals surface area contributed by atoms with Crippen molar-refractivity contribution >= 4 is 17.0 Å². The van der Waals surface area contributed by atoms with Crippen LogP contribution in [0.5, 0.6) is 0 Å². The van der Waals surface area contributed by atoms with Crippen molar-refractivity contribution in [2.75, 3.05) is 13.6 Å². The number of nitrogens with zero attached hydrogens (tertiary/aromatic N) is 1. The van der Waals surface area contributed by atoms with Gasteiger partial charge in [0.2, 0.25) is 5.91 Å². The Morgan fingerprint density at radius 2 is 2.29 bits per heavy atom. The van der Waals surface area contributed by atoms with Crippen LogP contribution < -0.4 is 11.5 Å². The minimum absolute atomic E-state index is 0.0159. The molecule has 0 saturated heterocycles. The van der Waals surface area contributed by atoms with E-state index in [4.69, 9.17) is 10.2 Å². The molecular formula is C11H13N3O3. The predicted molar refractivity (Wildman–Crippen MR) is 62.4 cm³/mol. The molecule has 0 saturated carbocycles. The zero-order valence-corrected chi connectivity index (χ0v) is 9.40. The lowest BCUT2D eigenvalue weighted by atomic mass is 10.2. The van der Waals surface area contributed by atoms with Crippen LogP contribution in [-0.4, -0.2) is 29.4 Å². The average molecular weight is 235 g/mol. The Labute approximate surface area is 97.0 Å². The van der Waals surface area contributed by atoms with Gasteiger partial charge in [-0.25, -0.2) is 4.79 Å². The van der Waals surface area contributed by atoms with E-state index in [-0.39, 0.29) is 12.5 Å². The fraction of sp³-hybridized carbons (Fsp3) is 0.273. The third kappa shape index (κ3) is 2.36. The number of hydrogen-bond donors (Lipinski definition) is 2. The van der Waals surface area contributed by atoms with Crippen molar-refractivity contribution in [1.82, 2.24) is 9.88 Å². The minimum atomic E-state index is -0.483. The number of benzene rings is 1. The Hall–Kier alpha value is -2.08. The number of hydrogen-bond acceptors (Lipinski definition) is 4. The maximum Gasteiger partial charge on any atom is 0.417 e. The van der Waals surface area contributed by atoms with Gasteiger partial charge >= 0.3 is 5.76 Å². The summed E-state index contributed by atoms with van der Waals surface area (Å²) in [7, 11) is 1.67. The minimum Gasteiger partial charge on any atom is -0.408 e. The molecule has 0 bridgehead atoms. The van der Waals surface area contributed by atoms with Gasteiger partial charge in [0.1, 0.15) is 0 Å². The Morgan fingerprint density at radius 1 is 1.53 bits per heavy atom. The summed E-state index contributed by atoms with van der Waals surface area (Å²) in [5.74, 6) is -0.621. The molecule has 6 nitrogen and oxygen atoms in total. The van der Waals surface area contributed by atoms with Crippen LogP contribution in [0.15, 0.2) is 27.4 Å². The molecule has 2 rings (SSSR count). The van der Waals surface area contributed by atoms with Crippen molar-refractivity contribution in [3.8, 4) is 0 Å². The third-order valence-electron chi connectivity index (χ3n) is 2.51. The second-order valence-electron chi connectivity index (χ2n) is 3.80. The maximum absolute atomic E-state index is 11.3. The number of fused-ring (bicyclic) bond motifs is 1. The fourth-order valence-electron chi connectivity index (χ4n) is 1.61. The molecule has 90 valence electrons. The number of aromatic amines is 1. The second kappa shape index (κ2) is 4.42. The summed E-state index contributed by atoms with van der Waals surface area (Å²) in [5.41, 5.74) is 7.28. The van der Waals surface area contributed by atoms with Crippen LogP contribution in [0, 0.1) is 0 Å². The van der Waals surface area contributed by atoms with Crippen molar-refractivity contribution in [1.29, 1.82) is 0 Å². The van der Waals surface area contributed by atoms with Crippen LogP contribution in [-0.2, 0) is 11.3 Å². The predicted octanol–water partition coefficient (Wildman–Crippen LogP) is 0.0382. The summed E-state index contributed by atoms with van der Waals surface area (Å²) in [6.45, 7) is 0.416. The number of amides is 1. The maximum atomic E-state index is 11.3. The molecule has 0 atom stereocenters. The normalized spacial score (nSPS) is 10.7. The number of H-pyrrole nitrogens is 1. The van der Waals surface area contributed by atoms with Crippen LogP contribution in [0.4, 0.5) is 0 Å². The summed E-state index contributed by atoms with van der Waals surface area (Å²) in [6.07, 6.45) is 0. The highest BCUT2D eigenvalue weighted by Gasteiger charge is 2.08. The SMILES string of the molecule is CN(Cc1ccc2[nH]c(=O)oc2c1)C(=O)CN. The van der Waals surface area contributed by atoms with Gasteiger partial charge in [0.25, 0.3) is 0 Å². The number of nitrogens with two attached hydrogens (primary N) is 1. The van der Waals surface area contributed by atoms with Gasteiger partial charge in [0, 0.05) is 13.6 Å². The first-order valence-corrected chi connectivity index (χ1v) is 5.16. The first kappa shape index (κ1) is 11.4. The van der Waals surface area contributed by atoms with Crippen molar-refractivity contribution in [2.24, 2.45) is 5.73 Å². The number of likely N-dealkylation sites (N-methyl/N-ethyl adjacent to an activating group) is 1. The molecular weight excluding hydrogens is 222 g/mol. The van der Waals surface area contributed by atoms with E-state index in [1.54, 1.807) is 19.2 Å². The smallest absolute Gasteiger partial charge is 0.408 e. The molecule has 1 amide bonds. The molecule has 1 aromatic carbocycles. The molecule has 17 heavy (non-hydrogen) atoms. The van der Waals surface area contributed by atoms with E-state index in [1.807, 2.05) is 6.07 Å². The molecule has 0 unspecified atom stereocenters. The zero-order valence-electron chi connectivity index (χ0n) is 9.40. The van der Waals surface area contributed by atoms with E-state index < -0.39 is 5.76 Å². The van der Waals surface area contributed by atoms with E-state index >= 15 is 0 Å². The molecule has 0 spiro atoms. The van der Waals surface area contributed by atoms with Gasteiger partial charge in [-0.05, 0) is 17.7 Å². The quantitative estimate of drug-likeness (QED) is 0.785. The van der Waals surface area contributed by atoms with E-state index in [9.17, 15) is 9.59 Å². The molecule has 1 heterocycles. The number of carbonyl (C=O) groups is 1. The molecule has 0 fully saturated rings. The van der Waals surface area contributed by atoms with Crippen molar-refractivity contribution in [2.45, 2.75) is 6.54 Å². The van der Waals surface area contributed by atoms with Crippen LogP contribution >= 0.6 is 0 Å². The third-order valence-corrected chi connectivity index (χ3v) is 2.51. The van der Waals surface area contributed by atoms with Crippen LogP contribution in [0.2, 0.25) is 0 Å². The highest BCUT2D eigenvalue weighted by Crippen LogP contribution is 2.13. The summed E-state index contributed by atoms with van der Waals surface area (Å²) >= 11 is 0. The number of nitrogens with one attached hydrogen (secondary N) is 1. The lowest BCUT2D eigenvalue weighted by Crippen LogP contribution is -2.32. The molecule has 1 aromatic heterocycles.